The van der Waals surface area contributed by atoms with Gasteiger partial charge in [-0.25, -0.2) is 4.79 Å². The highest BCUT2D eigenvalue weighted by atomic mass is 19.4. The number of piperidine rings is 1. The van der Waals surface area contributed by atoms with Gasteiger partial charge in [0.1, 0.15) is 5.78 Å². The normalized spacial score (nSPS) is 20.5. The van der Waals surface area contributed by atoms with Crippen LogP contribution < -0.4 is 5.32 Å². The molecule has 1 unspecified atom stereocenters. The lowest BCUT2D eigenvalue weighted by Gasteiger charge is -2.21. The van der Waals surface area contributed by atoms with E-state index < -0.39 is 12.1 Å². The van der Waals surface area contributed by atoms with Crippen molar-refractivity contribution in [3.05, 3.63) is 0 Å². The van der Waals surface area contributed by atoms with Gasteiger partial charge in [-0.2, -0.15) is 13.2 Å². The highest BCUT2D eigenvalue weighted by Gasteiger charge is 2.38. The summed E-state index contributed by atoms with van der Waals surface area (Å²) in [5.41, 5.74) is 0. The summed E-state index contributed by atoms with van der Waals surface area (Å²) in [6, 6.07) is 0.228. The van der Waals surface area contributed by atoms with E-state index in [2.05, 4.69) is 5.32 Å². The Balaban J connectivity index is 0.000000325. The Morgan fingerprint density at radius 2 is 2.00 bits per heavy atom. The third-order valence-electron chi connectivity index (χ3n) is 2.03. The number of aliphatic hydroxyl groups is 1. The van der Waals surface area contributed by atoms with E-state index in [-0.39, 0.29) is 12.6 Å². The van der Waals surface area contributed by atoms with Gasteiger partial charge in [-0.1, -0.05) is 0 Å². The van der Waals surface area contributed by atoms with Crippen LogP contribution in [-0.4, -0.2) is 47.3 Å². The Kier molecular flexibility index (Phi) is 6.74. The minimum atomic E-state index is -5.08. The molecule has 0 aliphatic carbocycles. The molecule has 0 aromatic heterocycles. The number of hydrogen-bond acceptors (Lipinski definition) is 4. The second-order valence-corrected chi connectivity index (χ2v) is 3.46. The number of carboxylic acid groups (broad SMARTS) is 1. The van der Waals surface area contributed by atoms with E-state index in [0.29, 0.717) is 25.0 Å². The number of carbonyl (C=O) groups is 2. The minimum absolute atomic E-state index is 0.172. The van der Waals surface area contributed by atoms with Crippen LogP contribution in [0, 0.1) is 0 Å². The summed E-state index contributed by atoms with van der Waals surface area (Å²) in [4.78, 5) is 19.7. The van der Waals surface area contributed by atoms with E-state index in [1.165, 1.54) is 0 Å². The van der Waals surface area contributed by atoms with Crippen LogP contribution in [0.15, 0.2) is 0 Å². The van der Waals surface area contributed by atoms with Gasteiger partial charge in [0.2, 0.25) is 0 Å². The molecule has 1 saturated heterocycles. The van der Waals surface area contributed by atoms with Crippen molar-refractivity contribution in [3.63, 3.8) is 0 Å². The first-order valence-corrected chi connectivity index (χ1v) is 4.93. The van der Waals surface area contributed by atoms with Gasteiger partial charge in [-0.3, -0.25) is 4.79 Å². The molecule has 0 spiro atoms. The van der Waals surface area contributed by atoms with Gasteiger partial charge in [-0.15, -0.1) is 0 Å². The zero-order chi connectivity index (χ0) is 13.5. The largest absolute Gasteiger partial charge is 0.490 e. The predicted octanol–water partition coefficient (Wildman–Crippen LogP) is 0.323. The number of nitrogens with one attached hydrogen (secondary N) is 1. The first-order chi connectivity index (χ1) is 7.77. The predicted molar refractivity (Wildman–Crippen MR) is 51.4 cm³/mol. The molecule has 8 heteroatoms. The van der Waals surface area contributed by atoms with Crippen molar-refractivity contribution in [1.82, 2.24) is 5.32 Å². The molecule has 1 aliphatic heterocycles. The van der Waals surface area contributed by atoms with Crippen LogP contribution in [0.3, 0.4) is 0 Å². The first-order valence-electron chi connectivity index (χ1n) is 4.93. The quantitative estimate of drug-likeness (QED) is 0.663. The molecule has 0 bridgehead atoms. The standard InChI is InChI=1S/C7H13NO2.C2HF3O2/c9-4-2-6-5-7(10)1-3-8-6;3-2(4,5)1(6)7/h6,8-9H,1-5H2;(H,6,7). The zero-order valence-electron chi connectivity index (χ0n) is 8.96. The summed E-state index contributed by atoms with van der Waals surface area (Å²) in [5, 5.41) is 18.8. The van der Waals surface area contributed by atoms with Crippen molar-refractivity contribution in [2.24, 2.45) is 0 Å². The molecule has 1 atom stereocenters. The number of ketones is 1. The Morgan fingerprint density at radius 3 is 2.35 bits per heavy atom. The molecule has 5 nitrogen and oxygen atoms in total. The molecule has 100 valence electrons. The zero-order valence-corrected chi connectivity index (χ0v) is 8.96. The minimum Gasteiger partial charge on any atom is -0.475 e. The molecule has 1 rings (SSSR count). The van der Waals surface area contributed by atoms with E-state index in [1.54, 1.807) is 0 Å². The van der Waals surface area contributed by atoms with Crippen LogP contribution >= 0.6 is 0 Å². The summed E-state index contributed by atoms with van der Waals surface area (Å²) < 4.78 is 31.7. The number of aliphatic hydroxyl groups excluding tert-OH is 1. The molecule has 1 fully saturated rings. The van der Waals surface area contributed by atoms with Gasteiger partial charge >= 0.3 is 12.1 Å². The molecular weight excluding hydrogens is 243 g/mol. The molecule has 0 aromatic carbocycles. The highest BCUT2D eigenvalue weighted by molar-refractivity contribution is 5.79. The van der Waals surface area contributed by atoms with Crippen LogP contribution in [0.2, 0.25) is 0 Å². The second kappa shape index (κ2) is 7.23. The monoisotopic (exact) mass is 257 g/mol. The smallest absolute Gasteiger partial charge is 0.475 e. The molecule has 0 aromatic rings. The van der Waals surface area contributed by atoms with E-state index in [1.807, 2.05) is 0 Å². The maximum Gasteiger partial charge on any atom is 0.490 e. The lowest BCUT2D eigenvalue weighted by molar-refractivity contribution is -0.192. The van der Waals surface area contributed by atoms with Crippen molar-refractivity contribution in [2.45, 2.75) is 31.5 Å². The van der Waals surface area contributed by atoms with E-state index >= 15 is 0 Å². The summed E-state index contributed by atoms with van der Waals surface area (Å²) in [6.45, 7) is 0.953. The molecule has 3 N–H and O–H groups in total. The first kappa shape index (κ1) is 15.9. The Labute approximate surface area is 95.6 Å². The number of alkyl halides is 3. The number of aliphatic carboxylic acids is 1. The topological polar surface area (TPSA) is 86.6 Å². The summed E-state index contributed by atoms with van der Waals surface area (Å²) in [6.07, 6.45) is -3.13. The molecule has 0 radical (unpaired) electrons. The molecule has 0 amide bonds. The number of carboxylic acids is 1. The fourth-order valence-corrected chi connectivity index (χ4v) is 1.22. The average molecular weight is 257 g/mol. The van der Waals surface area contributed by atoms with Gasteiger partial charge in [0.15, 0.2) is 0 Å². The van der Waals surface area contributed by atoms with Gasteiger partial charge < -0.3 is 15.5 Å². The number of hydrogen-bond donors (Lipinski definition) is 3. The Bertz CT molecular complexity index is 265. The number of halogens is 3. The SMILES string of the molecule is O=C(O)C(F)(F)F.O=C1CCNC(CCO)C1. The maximum atomic E-state index is 10.8. The third-order valence-corrected chi connectivity index (χ3v) is 2.03. The number of Topliss-reactive ketones (excluding diaryl/α,β-unsaturated/α-hetero) is 1. The molecule has 17 heavy (non-hydrogen) atoms. The van der Waals surface area contributed by atoms with Crippen LogP contribution in [-0.2, 0) is 9.59 Å². The van der Waals surface area contributed by atoms with Crippen LogP contribution in [0.5, 0.6) is 0 Å². The van der Waals surface area contributed by atoms with E-state index in [9.17, 15) is 18.0 Å². The van der Waals surface area contributed by atoms with Gasteiger partial charge in [-0.05, 0) is 6.42 Å². The summed E-state index contributed by atoms with van der Waals surface area (Å²) in [7, 11) is 0. The summed E-state index contributed by atoms with van der Waals surface area (Å²) >= 11 is 0. The average Bonchev–Trinajstić information content (AvgIpc) is 2.17. The third kappa shape index (κ3) is 7.70. The van der Waals surface area contributed by atoms with Crippen LogP contribution in [0.4, 0.5) is 13.2 Å². The Hall–Kier alpha value is -1.15. The van der Waals surface area contributed by atoms with Crippen molar-refractivity contribution < 1.29 is 33.0 Å². The van der Waals surface area contributed by atoms with Crippen LogP contribution in [0.25, 0.3) is 0 Å². The second-order valence-electron chi connectivity index (χ2n) is 3.46. The van der Waals surface area contributed by atoms with Gasteiger partial charge in [0, 0.05) is 32.0 Å². The van der Waals surface area contributed by atoms with Crippen molar-refractivity contribution in [1.29, 1.82) is 0 Å². The molecule has 1 heterocycles. The van der Waals surface area contributed by atoms with Crippen molar-refractivity contribution >= 4 is 11.8 Å². The van der Waals surface area contributed by atoms with Crippen molar-refractivity contribution in [3.8, 4) is 0 Å². The van der Waals surface area contributed by atoms with Crippen LogP contribution in [0.1, 0.15) is 19.3 Å². The molecule has 1 aliphatic rings. The fraction of sp³-hybridized carbons (Fsp3) is 0.778. The van der Waals surface area contributed by atoms with Crippen molar-refractivity contribution in [2.75, 3.05) is 13.2 Å². The molecule has 0 saturated carbocycles. The van der Waals surface area contributed by atoms with E-state index in [4.69, 9.17) is 15.0 Å². The number of rotatable bonds is 2. The highest BCUT2D eigenvalue weighted by Crippen LogP contribution is 2.13. The molecular formula is C9H14F3NO4. The number of carbonyl (C=O) groups excluding carboxylic acids is 1. The summed E-state index contributed by atoms with van der Waals surface area (Å²) in [5.74, 6) is -2.44. The van der Waals surface area contributed by atoms with Gasteiger partial charge in [0.25, 0.3) is 0 Å². The lowest BCUT2D eigenvalue weighted by atomic mass is 10.0. The Morgan fingerprint density at radius 1 is 1.47 bits per heavy atom. The fourth-order valence-electron chi connectivity index (χ4n) is 1.22. The maximum absolute atomic E-state index is 10.8. The lowest BCUT2D eigenvalue weighted by Crippen LogP contribution is -2.38. The van der Waals surface area contributed by atoms with Gasteiger partial charge in [0.05, 0.1) is 0 Å². The van der Waals surface area contributed by atoms with E-state index in [0.717, 1.165) is 6.54 Å².